The molecule has 1 aromatic carbocycles. The van der Waals surface area contributed by atoms with Gasteiger partial charge in [-0.15, -0.1) is 0 Å². The average molecular weight is 360 g/mol. The third-order valence-corrected chi connectivity index (χ3v) is 4.56. The van der Waals surface area contributed by atoms with Crippen LogP contribution in [0, 0.1) is 5.92 Å². The topological polar surface area (TPSA) is 50.4 Å². The van der Waals surface area contributed by atoms with Crippen LogP contribution in [-0.4, -0.2) is 48.5 Å². The molecule has 1 atom stereocenters. The van der Waals surface area contributed by atoms with E-state index in [9.17, 15) is 0 Å². The molecule has 0 radical (unpaired) electrons. The molecule has 0 spiro atoms. The molecule has 0 aliphatic carbocycles. The van der Waals surface area contributed by atoms with Gasteiger partial charge in [0.05, 0.1) is 18.5 Å². The first kappa shape index (κ1) is 20.5. The highest BCUT2D eigenvalue weighted by molar-refractivity contribution is 5.63. The minimum absolute atomic E-state index is 0.0563. The number of hydrogen-bond donors (Lipinski definition) is 1. The summed E-state index contributed by atoms with van der Waals surface area (Å²) in [5.41, 5.74) is 3.43. The Morgan fingerprint density at radius 1 is 1.19 bits per heavy atom. The van der Waals surface area contributed by atoms with Gasteiger partial charge in [-0.3, -0.25) is 5.10 Å². The predicted octanol–water partition coefficient (Wildman–Crippen LogP) is 4.36. The van der Waals surface area contributed by atoms with Crippen LogP contribution in [0.1, 0.15) is 39.2 Å². The highest BCUT2D eigenvalue weighted by Crippen LogP contribution is 2.25. The first-order valence-corrected chi connectivity index (χ1v) is 9.52. The Labute approximate surface area is 157 Å². The van der Waals surface area contributed by atoms with Crippen LogP contribution in [0.5, 0.6) is 5.75 Å². The van der Waals surface area contributed by atoms with Gasteiger partial charge in [-0.25, -0.2) is 0 Å². The summed E-state index contributed by atoms with van der Waals surface area (Å²) < 4.78 is 11.3. The van der Waals surface area contributed by atoms with Crippen LogP contribution in [0.15, 0.2) is 30.5 Å². The molecule has 0 amide bonds. The Hall–Kier alpha value is -1.85. The molecule has 144 valence electrons. The summed E-state index contributed by atoms with van der Waals surface area (Å²) in [4.78, 5) is 2.34. The second-order valence-corrected chi connectivity index (χ2v) is 7.24. The van der Waals surface area contributed by atoms with Crippen LogP contribution < -0.4 is 4.74 Å². The van der Waals surface area contributed by atoms with E-state index in [0.717, 1.165) is 30.1 Å². The normalized spacial score (nSPS) is 12.7. The smallest absolute Gasteiger partial charge is 0.124 e. The van der Waals surface area contributed by atoms with Crippen molar-refractivity contribution in [2.75, 3.05) is 27.3 Å². The van der Waals surface area contributed by atoms with E-state index < -0.39 is 0 Å². The largest absolute Gasteiger partial charge is 0.488 e. The van der Waals surface area contributed by atoms with Crippen molar-refractivity contribution in [2.45, 2.75) is 46.3 Å². The fourth-order valence-electron chi connectivity index (χ4n) is 2.88. The summed E-state index contributed by atoms with van der Waals surface area (Å²) in [5.74, 6) is 1.26. The Bertz CT molecular complexity index is 637. The number of nitrogens with zero attached hydrogens (tertiary/aromatic N) is 2. The molecule has 2 aromatic rings. The van der Waals surface area contributed by atoms with Crippen molar-refractivity contribution < 1.29 is 9.47 Å². The number of H-pyrrole nitrogens is 1. The van der Waals surface area contributed by atoms with Gasteiger partial charge in [-0.2, -0.15) is 5.10 Å². The van der Waals surface area contributed by atoms with Gasteiger partial charge in [0, 0.05) is 24.8 Å². The van der Waals surface area contributed by atoms with E-state index in [-0.39, 0.29) is 6.10 Å². The Morgan fingerprint density at radius 3 is 2.54 bits per heavy atom. The molecule has 0 fully saturated rings. The summed E-state index contributed by atoms with van der Waals surface area (Å²) in [5, 5.41) is 7.40. The molecule has 1 N–H and O–H groups in total. The van der Waals surface area contributed by atoms with E-state index in [0.29, 0.717) is 12.5 Å². The van der Waals surface area contributed by atoms with E-state index in [4.69, 9.17) is 9.47 Å². The molecule has 0 bridgehead atoms. The SMILES string of the molecule is CCCCN(C)Cc1cn[nH]c1-c1ccc(OC(COC)C(C)C)cc1. The number of hydrogen-bond acceptors (Lipinski definition) is 4. The molecule has 1 heterocycles. The quantitative estimate of drug-likeness (QED) is 0.648. The summed E-state index contributed by atoms with van der Waals surface area (Å²) >= 11 is 0. The molecule has 5 nitrogen and oxygen atoms in total. The van der Waals surface area contributed by atoms with E-state index >= 15 is 0 Å². The summed E-state index contributed by atoms with van der Waals surface area (Å²) in [6.07, 6.45) is 4.41. The number of unbranched alkanes of at least 4 members (excludes halogenated alkanes) is 1. The molecule has 1 unspecified atom stereocenters. The maximum atomic E-state index is 6.07. The highest BCUT2D eigenvalue weighted by atomic mass is 16.5. The minimum Gasteiger partial charge on any atom is -0.488 e. The van der Waals surface area contributed by atoms with Crippen molar-refractivity contribution in [1.82, 2.24) is 15.1 Å². The van der Waals surface area contributed by atoms with Gasteiger partial charge < -0.3 is 14.4 Å². The standard InChI is InChI=1S/C21H33N3O2/c1-6-7-12-24(4)14-18-13-22-23-21(18)17-8-10-19(11-9-17)26-20(15-25-5)16(2)3/h8-11,13,16,20H,6-7,12,14-15H2,1-5H3,(H,22,23). The molecule has 2 rings (SSSR count). The summed E-state index contributed by atoms with van der Waals surface area (Å²) in [7, 11) is 3.87. The van der Waals surface area contributed by atoms with Gasteiger partial charge >= 0.3 is 0 Å². The number of ether oxygens (including phenoxy) is 2. The van der Waals surface area contributed by atoms with E-state index in [1.54, 1.807) is 7.11 Å². The maximum absolute atomic E-state index is 6.07. The first-order valence-electron chi connectivity index (χ1n) is 9.52. The fourth-order valence-corrected chi connectivity index (χ4v) is 2.88. The predicted molar refractivity (Wildman–Crippen MR) is 106 cm³/mol. The van der Waals surface area contributed by atoms with Crippen molar-refractivity contribution in [2.24, 2.45) is 5.92 Å². The van der Waals surface area contributed by atoms with E-state index in [1.165, 1.54) is 18.4 Å². The minimum atomic E-state index is 0.0563. The van der Waals surface area contributed by atoms with Gasteiger partial charge in [0.1, 0.15) is 11.9 Å². The molecule has 0 saturated heterocycles. The highest BCUT2D eigenvalue weighted by Gasteiger charge is 2.15. The molecular formula is C21H33N3O2. The van der Waals surface area contributed by atoms with Gasteiger partial charge in [0.2, 0.25) is 0 Å². The molecule has 1 aromatic heterocycles. The fraction of sp³-hybridized carbons (Fsp3) is 0.571. The molecule has 5 heteroatoms. The van der Waals surface area contributed by atoms with Crippen molar-refractivity contribution in [3.8, 4) is 17.0 Å². The van der Waals surface area contributed by atoms with Crippen molar-refractivity contribution in [3.05, 3.63) is 36.0 Å². The lowest BCUT2D eigenvalue weighted by Gasteiger charge is -2.22. The summed E-state index contributed by atoms with van der Waals surface area (Å²) in [6, 6.07) is 8.21. The van der Waals surface area contributed by atoms with Crippen LogP contribution in [-0.2, 0) is 11.3 Å². The number of methoxy groups -OCH3 is 1. The summed E-state index contributed by atoms with van der Waals surface area (Å²) in [6.45, 7) is 9.09. The number of aromatic amines is 1. The number of aromatic nitrogens is 2. The van der Waals surface area contributed by atoms with Crippen LogP contribution >= 0.6 is 0 Å². The molecule has 0 aliphatic heterocycles. The number of rotatable bonds is 11. The first-order chi connectivity index (χ1) is 12.5. The van der Waals surface area contributed by atoms with Crippen molar-refractivity contribution >= 4 is 0 Å². The van der Waals surface area contributed by atoms with Crippen LogP contribution in [0.25, 0.3) is 11.3 Å². The lowest BCUT2D eigenvalue weighted by molar-refractivity contribution is 0.0530. The second-order valence-electron chi connectivity index (χ2n) is 7.24. The van der Waals surface area contributed by atoms with Gasteiger partial charge in [-0.1, -0.05) is 27.2 Å². The lowest BCUT2D eigenvalue weighted by Crippen LogP contribution is -2.28. The number of nitrogens with one attached hydrogen (secondary N) is 1. The number of benzene rings is 1. The van der Waals surface area contributed by atoms with E-state index in [1.807, 2.05) is 18.3 Å². The third kappa shape index (κ3) is 5.85. The molecule has 0 saturated carbocycles. The van der Waals surface area contributed by atoms with Crippen LogP contribution in [0.4, 0.5) is 0 Å². The van der Waals surface area contributed by atoms with Gasteiger partial charge in [0.25, 0.3) is 0 Å². The zero-order chi connectivity index (χ0) is 18.9. The molecule has 26 heavy (non-hydrogen) atoms. The van der Waals surface area contributed by atoms with Crippen LogP contribution in [0.2, 0.25) is 0 Å². The van der Waals surface area contributed by atoms with Gasteiger partial charge in [0.15, 0.2) is 0 Å². The molecule has 0 aliphatic rings. The maximum Gasteiger partial charge on any atom is 0.124 e. The zero-order valence-electron chi connectivity index (χ0n) is 16.8. The van der Waals surface area contributed by atoms with Crippen molar-refractivity contribution in [3.63, 3.8) is 0 Å². The molecular weight excluding hydrogens is 326 g/mol. The van der Waals surface area contributed by atoms with Crippen LogP contribution in [0.3, 0.4) is 0 Å². The Kier molecular flexibility index (Phi) is 8.13. The zero-order valence-corrected chi connectivity index (χ0v) is 16.8. The second kappa shape index (κ2) is 10.3. The van der Waals surface area contributed by atoms with Crippen molar-refractivity contribution in [1.29, 1.82) is 0 Å². The Balaban J connectivity index is 2.05. The van der Waals surface area contributed by atoms with E-state index in [2.05, 4.69) is 55.0 Å². The monoisotopic (exact) mass is 359 g/mol. The third-order valence-electron chi connectivity index (χ3n) is 4.56. The lowest BCUT2D eigenvalue weighted by atomic mass is 10.1. The average Bonchev–Trinajstić information content (AvgIpc) is 3.08. The van der Waals surface area contributed by atoms with Gasteiger partial charge in [-0.05, 0) is 50.2 Å². The Morgan fingerprint density at radius 2 is 1.92 bits per heavy atom.